The van der Waals surface area contributed by atoms with Crippen LogP contribution in [0.5, 0.6) is 0 Å². The first kappa shape index (κ1) is 30.7. The number of aliphatic hydroxyl groups is 1. The number of hydrogen-bond acceptors (Lipinski definition) is 5. The summed E-state index contributed by atoms with van der Waals surface area (Å²) >= 11 is 1.62. The molecular weight excluding hydrogens is 589 g/mol. The first-order valence-corrected chi connectivity index (χ1v) is 14.3. The van der Waals surface area contributed by atoms with Crippen molar-refractivity contribution in [3.05, 3.63) is 130 Å². The Morgan fingerprint density at radius 2 is 1.47 bits per heavy atom. The smallest absolute Gasteiger partial charge is 0.261 e. The minimum absolute atomic E-state index is 0.0244. The van der Waals surface area contributed by atoms with Crippen LogP contribution in [0.3, 0.4) is 0 Å². The molecule has 0 radical (unpaired) electrons. The van der Waals surface area contributed by atoms with E-state index in [0.717, 1.165) is 16.0 Å². The van der Waals surface area contributed by atoms with Gasteiger partial charge in [-0.05, 0) is 35.4 Å². The molecule has 1 amide bonds. The van der Waals surface area contributed by atoms with E-state index < -0.39 is 53.0 Å². The zero-order valence-electron chi connectivity index (χ0n) is 22.7. The standard InChI is InChI=1S/C32H26F5NO4S/c1-17-23(16-43-22-8-3-2-4-9-22)41-32(42-30(17)19-12-10-18(15-39)11-13-19)20-6-5-7-21(14-20)38-31(40)24-25(33)27(35)29(37)28(36)26(24)34/h2-14,17,23,30,32,39H,15-16H2,1H3,(H,38,40). The van der Waals surface area contributed by atoms with Gasteiger partial charge in [0.1, 0.15) is 5.56 Å². The minimum Gasteiger partial charge on any atom is -0.392 e. The van der Waals surface area contributed by atoms with Crippen LogP contribution in [0.4, 0.5) is 27.6 Å². The molecule has 0 aromatic heterocycles. The summed E-state index contributed by atoms with van der Waals surface area (Å²) in [4.78, 5) is 13.7. The number of rotatable bonds is 8. The van der Waals surface area contributed by atoms with E-state index in [9.17, 15) is 31.9 Å². The van der Waals surface area contributed by atoms with Gasteiger partial charge in [0, 0.05) is 27.8 Å². The highest BCUT2D eigenvalue weighted by Crippen LogP contribution is 2.43. The Labute approximate surface area is 248 Å². The van der Waals surface area contributed by atoms with Crippen molar-refractivity contribution in [3.8, 4) is 0 Å². The Hall–Kier alpha value is -3.77. The molecule has 4 aromatic carbocycles. The first-order valence-electron chi connectivity index (χ1n) is 13.3. The number of anilines is 1. The number of amides is 1. The van der Waals surface area contributed by atoms with E-state index in [-0.39, 0.29) is 24.3 Å². The Kier molecular flexibility index (Phi) is 9.46. The molecule has 5 nitrogen and oxygen atoms in total. The van der Waals surface area contributed by atoms with Crippen molar-refractivity contribution in [2.45, 2.75) is 36.9 Å². The number of carbonyl (C=O) groups excluding carboxylic acids is 1. The van der Waals surface area contributed by atoms with Gasteiger partial charge >= 0.3 is 0 Å². The van der Waals surface area contributed by atoms with Crippen molar-refractivity contribution >= 4 is 23.4 Å². The molecule has 1 heterocycles. The number of hydrogen-bond donors (Lipinski definition) is 2. The summed E-state index contributed by atoms with van der Waals surface area (Å²) in [5.74, 6) is -12.3. The van der Waals surface area contributed by atoms with Crippen LogP contribution in [0.25, 0.3) is 0 Å². The quantitative estimate of drug-likeness (QED) is 0.0920. The van der Waals surface area contributed by atoms with Crippen LogP contribution in [0, 0.1) is 35.0 Å². The lowest BCUT2D eigenvalue weighted by Gasteiger charge is -2.41. The maximum atomic E-state index is 14.2. The molecule has 1 aliphatic rings. The van der Waals surface area contributed by atoms with E-state index in [2.05, 4.69) is 5.32 Å². The summed E-state index contributed by atoms with van der Waals surface area (Å²) in [6, 6.07) is 23.2. The molecule has 1 saturated heterocycles. The van der Waals surface area contributed by atoms with Crippen molar-refractivity contribution < 1.29 is 41.3 Å². The topological polar surface area (TPSA) is 67.8 Å². The Balaban J connectivity index is 1.41. The second kappa shape index (κ2) is 13.3. The van der Waals surface area contributed by atoms with E-state index in [0.29, 0.717) is 11.3 Å². The lowest BCUT2D eigenvalue weighted by Crippen LogP contribution is -2.38. The van der Waals surface area contributed by atoms with Crippen LogP contribution in [-0.4, -0.2) is 22.9 Å². The number of nitrogens with one attached hydrogen (secondary N) is 1. The SMILES string of the molecule is CC1C(CSc2ccccc2)OC(c2cccc(NC(=O)c3c(F)c(F)c(F)c(F)c3F)c2)OC1c1ccc(CO)cc1. The molecule has 2 N–H and O–H groups in total. The van der Waals surface area contributed by atoms with Crippen molar-refractivity contribution in [3.63, 3.8) is 0 Å². The van der Waals surface area contributed by atoms with Gasteiger partial charge in [-0.2, -0.15) is 0 Å². The number of halogens is 5. The third-order valence-corrected chi connectivity index (χ3v) is 8.24. The van der Waals surface area contributed by atoms with Gasteiger partial charge in [0.15, 0.2) is 29.6 Å². The van der Waals surface area contributed by atoms with Gasteiger partial charge in [-0.3, -0.25) is 4.79 Å². The van der Waals surface area contributed by atoms with Crippen LogP contribution >= 0.6 is 11.8 Å². The van der Waals surface area contributed by atoms with Crippen molar-refractivity contribution in [2.24, 2.45) is 5.92 Å². The second-order valence-corrected chi connectivity index (χ2v) is 11.1. The summed E-state index contributed by atoms with van der Waals surface area (Å²) in [5, 5.41) is 11.7. The molecule has 11 heteroatoms. The lowest BCUT2D eigenvalue weighted by molar-refractivity contribution is -0.268. The number of carbonyl (C=O) groups is 1. The molecule has 4 unspecified atom stereocenters. The highest BCUT2D eigenvalue weighted by molar-refractivity contribution is 7.99. The Morgan fingerprint density at radius 1 is 0.814 bits per heavy atom. The monoisotopic (exact) mass is 615 g/mol. The van der Waals surface area contributed by atoms with Crippen LogP contribution in [0.2, 0.25) is 0 Å². The third kappa shape index (κ3) is 6.59. The number of thioether (sulfide) groups is 1. The fourth-order valence-electron chi connectivity index (χ4n) is 4.77. The van der Waals surface area contributed by atoms with E-state index >= 15 is 0 Å². The summed E-state index contributed by atoms with van der Waals surface area (Å²) in [6.07, 6.45) is -1.64. The highest BCUT2D eigenvalue weighted by atomic mass is 32.2. The maximum Gasteiger partial charge on any atom is 0.261 e. The minimum atomic E-state index is -2.35. The normalized spacial score (nSPS) is 20.2. The van der Waals surface area contributed by atoms with Gasteiger partial charge in [0.25, 0.3) is 5.91 Å². The van der Waals surface area contributed by atoms with Crippen LogP contribution < -0.4 is 5.32 Å². The highest BCUT2D eigenvalue weighted by Gasteiger charge is 2.38. The summed E-state index contributed by atoms with van der Waals surface area (Å²) in [6.45, 7) is 1.91. The largest absolute Gasteiger partial charge is 0.392 e. The molecule has 0 bridgehead atoms. The molecule has 43 heavy (non-hydrogen) atoms. The average molecular weight is 616 g/mol. The fourth-order valence-corrected chi connectivity index (χ4v) is 5.85. The van der Waals surface area contributed by atoms with Gasteiger partial charge < -0.3 is 19.9 Å². The number of benzene rings is 4. The Morgan fingerprint density at radius 3 is 2.12 bits per heavy atom. The molecule has 0 saturated carbocycles. The van der Waals surface area contributed by atoms with Crippen LogP contribution in [0.15, 0.2) is 83.8 Å². The molecule has 4 aromatic rings. The van der Waals surface area contributed by atoms with Gasteiger partial charge in [-0.15, -0.1) is 11.8 Å². The van der Waals surface area contributed by atoms with E-state index in [4.69, 9.17) is 9.47 Å². The maximum absolute atomic E-state index is 14.2. The van der Waals surface area contributed by atoms with Crippen molar-refractivity contribution in [1.29, 1.82) is 0 Å². The van der Waals surface area contributed by atoms with E-state index in [1.807, 2.05) is 49.4 Å². The lowest BCUT2D eigenvalue weighted by atomic mass is 9.91. The van der Waals surface area contributed by atoms with Gasteiger partial charge in [-0.1, -0.05) is 61.5 Å². The van der Waals surface area contributed by atoms with Crippen LogP contribution in [0.1, 0.15) is 46.4 Å². The molecular formula is C32H26F5NO4S. The molecule has 0 spiro atoms. The van der Waals surface area contributed by atoms with Gasteiger partial charge in [0.2, 0.25) is 5.82 Å². The Bertz CT molecular complexity index is 1580. The predicted octanol–water partition coefficient (Wildman–Crippen LogP) is 7.71. The van der Waals surface area contributed by atoms with Gasteiger partial charge in [-0.25, -0.2) is 22.0 Å². The van der Waals surface area contributed by atoms with E-state index in [1.54, 1.807) is 30.0 Å². The number of aliphatic hydroxyl groups excluding tert-OH is 1. The molecule has 1 fully saturated rings. The molecule has 224 valence electrons. The molecule has 5 rings (SSSR count). The summed E-state index contributed by atoms with van der Waals surface area (Å²) < 4.78 is 82.0. The summed E-state index contributed by atoms with van der Waals surface area (Å²) in [5.41, 5.74) is 0.493. The fraction of sp³-hybridized carbons (Fsp3) is 0.219. The second-order valence-electron chi connectivity index (χ2n) is 9.97. The van der Waals surface area contributed by atoms with Crippen molar-refractivity contribution in [2.75, 3.05) is 11.1 Å². The number of ether oxygens (including phenoxy) is 2. The summed E-state index contributed by atoms with van der Waals surface area (Å²) in [7, 11) is 0. The molecule has 4 atom stereocenters. The first-order chi connectivity index (χ1) is 20.7. The molecule has 0 aliphatic carbocycles. The zero-order chi connectivity index (χ0) is 30.7. The molecule has 1 aliphatic heterocycles. The predicted molar refractivity (Wildman–Crippen MR) is 151 cm³/mol. The van der Waals surface area contributed by atoms with Crippen LogP contribution in [-0.2, 0) is 16.1 Å². The van der Waals surface area contributed by atoms with Gasteiger partial charge in [0.05, 0.1) is 18.8 Å². The zero-order valence-corrected chi connectivity index (χ0v) is 23.5. The average Bonchev–Trinajstić information content (AvgIpc) is 3.03. The third-order valence-electron chi connectivity index (χ3n) is 7.13. The van der Waals surface area contributed by atoms with Crippen molar-refractivity contribution in [1.82, 2.24) is 0 Å². The van der Waals surface area contributed by atoms with E-state index in [1.165, 1.54) is 18.2 Å².